The van der Waals surface area contributed by atoms with Crippen molar-refractivity contribution in [3.63, 3.8) is 0 Å². The Balaban J connectivity index is 1.27. The maximum Gasteiger partial charge on any atom is 0.409 e. The molecule has 1 N–H and O–H groups in total. The number of aliphatic hydroxyl groups is 1. The summed E-state index contributed by atoms with van der Waals surface area (Å²) in [4.78, 5) is 23.8. The van der Waals surface area contributed by atoms with E-state index in [2.05, 4.69) is 24.0 Å². The Morgan fingerprint density at radius 3 is 2.90 bits per heavy atom. The summed E-state index contributed by atoms with van der Waals surface area (Å²) in [5.41, 5.74) is 3.43. The SMILES string of the molecule is CCCCOC(=O)N1CCC2(CC2)C(Oc2cncc(-c3nn(C4CCCCO4)c4ccc(CCO)cc34)n2)C1. The van der Waals surface area contributed by atoms with Gasteiger partial charge in [0.2, 0.25) is 5.88 Å². The highest BCUT2D eigenvalue weighted by Crippen LogP contribution is 2.54. The van der Waals surface area contributed by atoms with Crippen molar-refractivity contribution in [1.29, 1.82) is 0 Å². The average Bonchev–Trinajstić information content (AvgIpc) is 3.66. The molecule has 3 fully saturated rings. The number of fused-ring (bicyclic) bond motifs is 1. The van der Waals surface area contributed by atoms with Gasteiger partial charge in [0.05, 0.1) is 31.1 Å². The molecule has 1 spiro atoms. The molecule has 1 saturated carbocycles. The van der Waals surface area contributed by atoms with Crippen LogP contribution in [0.5, 0.6) is 5.88 Å². The zero-order valence-corrected chi connectivity index (χ0v) is 23.3. The second-order valence-electron chi connectivity index (χ2n) is 11.3. The summed E-state index contributed by atoms with van der Waals surface area (Å²) in [5.74, 6) is 0.429. The minimum absolute atomic E-state index is 0.0795. The van der Waals surface area contributed by atoms with Crippen molar-refractivity contribution in [2.24, 2.45) is 5.41 Å². The summed E-state index contributed by atoms with van der Waals surface area (Å²) >= 11 is 0. The minimum atomic E-state index is -0.266. The fourth-order valence-corrected chi connectivity index (χ4v) is 5.92. The van der Waals surface area contributed by atoms with Crippen molar-refractivity contribution in [2.45, 2.75) is 77.0 Å². The third-order valence-corrected chi connectivity index (χ3v) is 8.54. The number of rotatable bonds is 9. The van der Waals surface area contributed by atoms with E-state index in [-0.39, 0.29) is 30.4 Å². The lowest BCUT2D eigenvalue weighted by molar-refractivity contribution is -0.0365. The predicted molar refractivity (Wildman–Crippen MR) is 149 cm³/mol. The lowest BCUT2D eigenvalue weighted by atomic mass is 9.90. The highest BCUT2D eigenvalue weighted by atomic mass is 16.6. The Bertz CT molecular complexity index is 1330. The van der Waals surface area contributed by atoms with Crippen molar-refractivity contribution in [3.05, 3.63) is 36.2 Å². The largest absolute Gasteiger partial charge is 0.471 e. The molecule has 10 nitrogen and oxygen atoms in total. The van der Waals surface area contributed by atoms with Gasteiger partial charge in [-0.15, -0.1) is 0 Å². The average molecular weight is 550 g/mol. The van der Waals surface area contributed by atoms with Crippen LogP contribution in [0.1, 0.15) is 70.1 Å². The number of hydrogen-bond acceptors (Lipinski definition) is 8. The zero-order chi connectivity index (χ0) is 27.5. The van der Waals surface area contributed by atoms with Gasteiger partial charge in [-0.3, -0.25) is 4.98 Å². The van der Waals surface area contributed by atoms with Crippen LogP contribution in [0.2, 0.25) is 0 Å². The number of nitrogens with zero attached hydrogens (tertiary/aromatic N) is 5. The highest BCUT2D eigenvalue weighted by molar-refractivity contribution is 5.93. The van der Waals surface area contributed by atoms with Crippen LogP contribution in [0.4, 0.5) is 4.79 Å². The molecule has 10 heteroatoms. The number of ether oxygens (including phenoxy) is 3. The van der Waals surface area contributed by atoms with Gasteiger partial charge >= 0.3 is 6.09 Å². The number of benzene rings is 1. The van der Waals surface area contributed by atoms with Crippen LogP contribution in [0.15, 0.2) is 30.6 Å². The van der Waals surface area contributed by atoms with E-state index in [1.165, 1.54) is 0 Å². The monoisotopic (exact) mass is 549 g/mol. The fourth-order valence-electron chi connectivity index (χ4n) is 5.92. The van der Waals surface area contributed by atoms with E-state index in [0.717, 1.165) is 74.4 Å². The Morgan fingerprint density at radius 2 is 2.12 bits per heavy atom. The van der Waals surface area contributed by atoms with E-state index in [9.17, 15) is 9.90 Å². The molecular weight excluding hydrogens is 510 g/mol. The van der Waals surface area contributed by atoms with Crippen molar-refractivity contribution in [1.82, 2.24) is 24.6 Å². The van der Waals surface area contributed by atoms with E-state index < -0.39 is 0 Å². The van der Waals surface area contributed by atoms with E-state index in [1.807, 2.05) is 10.7 Å². The van der Waals surface area contributed by atoms with E-state index in [0.29, 0.717) is 43.4 Å². The van der Waals surface area contributed by atoms with Crippen molar-refractivity contribution in [2.75, 3.05) is 32.9 Å². The Labute approximate surface area is 234 Å². The maximum atomic E-state index is 12.7. The first-order chi connectivity index (χ1) is 19.6. The summed E-state index contributed by atoms with van der Waals surface area (Å²) in [7, 11) is 0. The molecule has 3 aliphatic rings. The number of carbonyl (C=O) groups is 1. The number of aromatic nitrogens is 4. The standard InChI is InChI=1S/C30H39N5O5/c1-2-3-15-39-29(37)34-13-12-30(10-11-30)25(20-34)40-26-19-31-18-23(32-26)28-22-17-21(9-14-36)7-8-24(22)35(33-28)27-6-4-5-16-38-27/h7-8,17-19,25,27,36H,2-6,9-16,20H2,1H3. The molecule has 0 bridgehead atoms. The second kappa shape index (κ2) is 11.7. The molecule has 2 atom stereocenters. The molecular formula is C30H39N5O5. The topological polar surface area (TPSA) is 112 Å². The van der Waals surface area contributed by atoms with Crippen LogP contribution in [-0.2, 0) is 15.9 Å². The predicted octanol–water partition coefficient (Wildman–Crippen LogP) is 4.90. The molecule has 3 aromatic rings. The third-order valence-electron chi connectivity index (χ3n) is 8.54. The van der Waals surface area contributed by atoms with Crippen LogP contribution in [-0.4, -0.2) is 74.9 Å². The third kappa shape index (κ3) is 5.51. The maximum absolute atomic E-state index is 12.7. The van der Waals surface area contributed by atoms with Gasteiger partial charge in [-0.05, 0) is 69.1 Å². The van der Waals surface area contributed by atoms with Crippen molar-refractivity contribution >= 4 is 17.0 Å². The molecule has 2 unspecified atom stereocenters. The van der Waals surface area contributed by atoms with Gasteiger partial charge in [0, 0.05) is 30.6 Å². The Kier molecular flexibility index (Phi) is 7.89. The normalized spacial score (nSPS) is 22.0. The fraction of sp³-hybridized carbons (Fsp3) is 0.600. The number of hydrogen-bond donors (Lipinski definition) is 1. The highest BCUT2D eigenvalue weighted by Gasteiger charge is 2.54. The van der Waals surface area contributed by atoms with Crippen LogP contribution < -0.4 is 4.74 Å². The number of amides is 1. The van der Waals surface area contributed by atoms with Crippen LogP contribution in [0.25, 0.3) is 22.3 Å². The number of unbranched alkanes of at least 4 members (excludes halogenated alkanes) is 1. The van der Waals surface area contributed by atoms with Gasteiger partial charge in [0.1, 0.15) is 17.5 Å². The van der Waals surface area contributed by atoms with Gasteiger partial charge < -0.3 is 24.2 Å². The smallest absolute Gasteiger partial charge is 0.409 e. The first-order valence-corrected chi connectivity index (χ1v) is 14.7. The Hall–Kier alpha value is -3.24. The van der Waals surface area contributed by atoms with Crippen LogP contribution >= 0.6 is 0 Å². The van der Waals surface area contributed by atoms with E-state index >= 15 is 0 Å². The summed E-state index contributed by atoms with van der Waals surface area (Å²) < 4.78 is 20.0. The van der Waals surface area contributed by atoms with Gasteiger partial charge in [0.25, 0.3) is 0 Å². The number of piperidine rings is 1. The lowest BCUT2D eigenvalue weighted by Gasteiger charge is -2.38. The summed E-state index contributed by atoms with van der Waals surface area (Å²) in [6.07, 6.45) is 11.4. The summed E-state index contributed by atoms with van der Waals surface area (Å²) in [6.45, 7) is 4.51. The molecule has 1 aromatic carbocycles. The molecule has 6 rings (SSSR count). The first-order valence-electron chi connectivity index (χ1n) is 14.7. The van der Waals surface area contributed by atoms with Crippen molar-refractivity contribution < 1.29 is 24.1 Å². The summed E-state index contributed by atoms with van der Waals surface area (Å²) in [6, 6.07) is 6.16. The van der Waals surface area contributed by atoms with Crippen molar-refractivity contribution in [3.8, 4) is 17.3 Å². The van der Waals surface area contributed by atoms with Crippen LogP contribution in [0.3, 0.4) is 0 Å². The molecule has 40 heavy (non-hydrogen) atoms. The van der Waals surface area contributed by atoms with Gasteiger partial charge in [-0.25, -0.2) is 14.5 Å². The lowest BCUT2D eigenvalue weighted by Crippen LogP contribution is -2.50. The molecule has 2 aromatic heterocycles. The minimum Gasteiger partial charge on any atom is -0.471 e. The van der Waals surface area contributed by atoms with Crippen LogP contribution in [0, 0.1) is 5.41 Å². The molecule has 2 saturated heterocycles. The zero-order valence-electron chi connectivity index (χ0n) is 23.3. The van der Waals surface area contributed by atoms with Gasteiger partial charge in [-0.1, -0.05) is 19.4 Å². The van der Waals surface area contributed by atoms with E-state index in [1.54, 1.807) is 17.3 Å². The summed E-state index contributed by atoms with van der Waals surface area (Å²) in [5, 5.41) is 15.5. The molecule has 1 aliphatic carbocycles. The molecule has 2 aliphatic heterocycles. The van der Waals surface area contributed by atoms with Gasteiger partial charge in [-0.2, -0.15) is 5.10 Å². The van der Waals surface area contributed by atoms with E-state index in [4.69, 9.17) is 24.3 Å². The quantitative estimate of drug-likeness (QED) is 0.375. The number of aliphatic hydroxyl groups excluding tert-OH is 1. The number of carbonyl (C=O) groups excluding carboxylic acids is 1. The molecule has 1 amide bonds. The molecule has 214 valence electrons. The second-order valence-corrected chi connectivity index (χ2v) is 11.3. The first kappa shape index (κ1) is 27.0. The van der Waals surface area contributed by atoms with Gasteiger partial charge in [0.15, 0.2) is 6.23 Å². The number of likely N-dealkylation sites (tertiary alicyclic amines) is 1. The molecule has 0 radical (unpaired) electrons. The molecule has 4 heterocycles. The Morgan fingerprint density at radius 1 is 1.23 bits per heavy atom.